The first-order chi connectivity index (χ1) is 6.14. The third-order valence-electron chi connectivity index (χ3n) is 1.61. The van der Waals surface area contributed by atoms with Crippen LogP contribution in [0.1, 0.15) is 19.4 Å². The van der Waals surface area contributed by atoms with Crippen LogP contribution in [0.25, 0.3) is 0 Å². The summed E-state index contributed by atoms with van der Waals surface area (Å²) in [7, 11) is 0. The van der Waals surface area contributed by atoms with Crippen LogP contribution in [0, 0.1) is 11.3 Å². The van der Waals surface area contributed by atoms with E-state index < -0.39 is 5.54 Å². The second-order valence-corrected chi connectivity index (χ2v) is 3.34. The van der Waals surface area contributed by atoms with Crippen LogP contribution in [0.2, 0.25) is 0 Å². The molecule has 0 spiro atoms. The van der Waals surface area contributed by atoms with Gasteiger partial charge in [-0.2, -0.15) is 5.26 Å². The van der Waals surface area contributed by atoms with Gasteiger partial charge in [0.1, 0.15) is 5.54 Å². The zero-order valence-electron chi connectivity index (χ0n) is 7.86. The van der Waals surface area contributed by atoms with Crippen LogP contribution in [0.5, 0.6) is 0 Å². The molecule has 0 unspecified atom stereocenters. The molecule has 1 rings (SSSR count). The van der Waals surface area contributed by atoms with Crippen molar-refractivity contribution in [1.82, 2.24) is 0 Å². The topological polar surface area (TPSA) is 36.1 Å². The van der Waals surface area contributed by atoms with Crippen LogP contribution >= 0.6 is 0 Å². The molecule has 0 fully saturated rings. The molecule has 0 saturated heterocycles. The van der Waals surface area contributed by atoms with Crippen molar-refractivity contribution >= 4 is 6.21 Å². The lowest BCUT2D eigenvalue weighted by molar-refractivity contribution is 0.677. The lowest BCUT2D eigenvalue weighted by atomic mass is 10.1. The fraction of sp³-hybridized carbons (Fsp3) is 0.273. The van der Waals surface area contributed by atoms with E-state index in [1.807, 2.05) is 30.3 Å². The summed E-state index contributed by atoms with van der Waals surface area (Å²) in [5, 5.41) is 8.71. The molecule has 0 radical (unpaired) electrons. The summed E-state index contributed by atoms with van der Waals surface area (Å²) < 4.78 is 0. The van der Waals surface area contributed by atoms with Crippen molar-refractivity contribution in [2.45, 2.75) is 19.4 Å². The summed E-state index contributed by atoms with van der Waals surface area (Å²) in [5.74, 6) is 0. The highest BCUT2D eigenvalue weighted by atomic mass is 14.8. The molecule has 0 aliphatic heterocycles. The molecule has 13 heavy (non-hydrogen) atoms. The molecule has 0 saturated carbocycles. The maximum Gasteiger partial charge on any atom is 0.141 e. The second-order valence-electron chi connectivity index (χ2n) is 3.34. The van der Waals surface area contributed by atoms with Gasteiger partial charge in [-0.15, -0.1) is 0 Å². The maximum absolute atomic E-state index is 8.71. The molecule has 0 N–H and O–H groups in total. The predicted molar refractivity (Wildman–Crippen MR) is 53.7 cm³/mol. The summed E-state index contributed by atoms with van der Waals surface area (Å²) in [4.78, 5) is 4.16. The third-order valence-corrected chi connectivity index (χ3v) is 1.61. The van der Waals surface area contributed by atoms with Crippen molar-refractivity contribution in [3.8, 4) is 6.07 Å². The zero-order valence-corrected chi connectivity index (χ0v) is 7.86. The minimum absolute atomic E-state index is 0.629. The van der Waals surface area contributed by atoms with Crippen LogP contribution in [0.4, 0.5) is 0 Å². The van der Waals surface area contributed by atoms with Crippen molar-refractivity contribution in [3.63, 3.8) is 0 Å². The van der Waals surface area contributed by atoms with E-state index in [0.29, 0.717) is 0 Å². The minimum Gasteiger partial charge on any atom is -0.271 e. The first-order valence-electron chi connectivity index (χ1n) is 4.15. The van der Waals surface area contributed by atoms with Gasteiger partial charge in [0.25, 0.3) is 0 Å². The van der Waals surface area contributed by atoms with E-state index >= 15 is 0 Å². The number of nitriles is 1. The quantitative estimate of drug-likeness (QED) is 0.631. The van der Waals surface area contributed by atoms with E-state index in [-0.39, 0.29) is 0 Å². The van der Waals surface area contributed by atoms with Gasteiger partial charge in [0.05, 0.1) is 6.07 Å². The molecule has 0 heterocycles. The Kier molecular flexibility index (Phi) is 2.81. The molecule has 0 amide bonds. The van der Waals surface area contributed by atoms with Gasteiger partial charge in [-0.05, 0) is 19.4 Å². The van der Waals surface area contributed by atoms with Gasteiger partial charge in [-0.25, -0.2) is 0 Å². The molecule has 66 valence electrons. The largest absolute Gasteiger partial charge is 0.271 e. The first kappa shape index (κ1) is 9.47. The smallest absolute Gasteiger partial charge is 0.141 e. The number of hydrogen-bond acceptors (Lipinski definition) is 2. The summed E-state index contributed by atoms with van der Waals surface area (Å²) in [6.45, 7) is 3.57. The summed E-state index contributed by atoms with van der Waals surface area (Å²) in [6.07, 6.45) is 1.73. The molecule has 1 aromatic rings. The van der Waals surface area contributed by atoms with E-state index in [9.17, 15) is 0 Å². The molecule has 0 aliphatic rings. The average molecular weight is 172 g/mol. The third kappa shape index (κ3) is 3.08. The fourth-order valence-electron chi connectivity index (χ4n) is 0.804. The van der Waals surface area contributed by atoms with Crippen molar-refractivity contribution in [2.75, 3.05) is 0 Å². The monoisotopic (exact) mass is 172 g/mol. The Hall–Kier alpha value is -1.62. The number of aliphatic imine (C=N–C) groups is 1. The van der Waals surface area contributed by atoms with Crippen LogP contribution in [0.3, 0.4) is 0 Å². The zero-order chi connectivity index (χ0) is 9.73. The van der Waals surface area contributed by atoms with Gasteiger partial charge >= 0.3 is 0 Å². The first-order valence-corrected chi connectivity index (χ1v) is 4.15. The second kappa shape index (κ2) is 3.86. The van der Waals surface area contributed by atoms with Crippen LogP contribution in [0.15, 0.2) is 35.3 Å². The van der Waals surface area contributed by atoms with Gasteiger partial charge in [-0.3, -0.25) is 4.99 Å². The van der Waals surface area contributed by atoms with E-state index in [0.717, 1.165) is 5.56 Å². The van der Waals surface area contributed by atoms with Gasteiger partial charge in [0.2, 0.25) is 0 Å². The van der Waals surface area contributed by atoms with Gasteiger partial charge < -0.3 is 0 Å². The lowest BCUT2D eigenvalue weighted by Crippen LogP contribution is -2.12. The maximum atomic E-state index is 8.71. The molecular formula is C11H12N2. The molecule has 0 aliphatic carbocycles. The molecule has 0 aromatic heterocycles. The number of nitrogens with zero attached hydrogens (tertiary/aromatic N) is 2. The highest BCUT2D eigenvalue weighted by molar-refractivity contribution is 5.79. The van der Waals surface area contributed by atoms with Crippen LogP contribution in [-0.4, -0.2) is 11.8 Å². The van der Waals surface area contributed by atoms with Gasteiger partial charge in [-0.1, -0.05) is 30.3 Å². The van der Waals surface area contributed by atoms with E-state index in [1.165, 1.54) is 0 Å². The standard InChI is InChI=1S/C11H12N2/c1-11(2,9-12)13-8-10-6-4-3-5-7-10/h3-8H,1-2H3. The Bertz CT molecular complexity index is 331. The number of hydrogen-bond donors (Lipinski definition) is 0. The Morgan fingerprint density at radius 1 is 1.31 bits per heavy atom. The minimum atomic E-state index is -0.629. The molecule has 0 atom stereocenters. The molecule has 0 bridgehead atoms. The Morgan fingerprint density at radius 2 is 1.92 bits per heavy atom. The van der Waals surface area contributed by atoms with E-state index in [4.69, 9.17) is 5.26 Å². The molecule has 2 heteroatoms. The Balaban J connectivity index is 2.77. The predicted octanol–water partition coefficient (Wildman–Crippen LogP) is 2.41. The fourth-order valence-corrected chi connectivity index (χ4v) is 0.804. The van der Waals surface area contributed by atoms with Gasteiger partial charge in [0, 0.05) is 6.21 Å². The van der Waals surface area contributed by atoms with Crippen molar-refractivity contribution in [3.05, 3.63) is 35.9 Å². The van der Waals surface area contributed by atoms with Crippen molar-refractivity contribution in [2.24, 2.45) is 4.99 Å². The van der Waals surface area contributed by atoms with Crippen LogP contribution in [-0.2, 0) is 0 Å². The SMILES string of the molecule is CC(C)(C#N)N=Cc1ccccc1. The Labute approximate surface area is 78.5 Å². The summed E-state index contributed by atoms with van der Waals surface area (Å²) in [5.41, 5.74) is 0.390. The molecule has 2 nitrogen and oxygen atoms in total. The number of benzene rings is 1. The van der Waals surface area contributed by atoms with E-state index in [2.05, 4.69) is 11.1 Å². The van der Waals surface area contributed by atoms with Crippen molar-refractivity contribution < 1.29 is 0 Å². The summed E-state index contributed by atoms with van der Waals surface area (Å²) >= 11 is 0. The van der Waals surface area contributed by atoms with Gasteiger partial charge in [0.15, 0.2) is 0 Å². The number of rotatable bonds is 2. The Morgan fingerprint density at radius 3 is 2.46 bits per heavy atom. The molecule has 1 aromatic carbocycles. The normalized spacial score (nSPS) is 11.5. The summed E-state index contributed by atoms with van der Waals surface area (Å²) in [6, 6.07) is 11.9. The highest BCUT2D eigenvalue weighted by Gasteiger charge is 2.11. The molecular weight excluding hydrogens is 160 g/mol. The lowest BCUT2D eigenvalue weighted by Gasteiger charge is -2.06. The van der Waals surface area contributed by atoms with Crippen LogP contribution < -0.4 is 0 Å². The van der Waals surface area contributed by atoms with Crippen molar-refractivity contribution in [1.29, 1.82) is 5.26 Å². The van der Waals surface area contributed by atoms with E-state index in [1.54, 1.807) is 20.1 Å². The highest BCUT2D eigenvalue weighted by Crippen LogP contribution is 2.06. The average Bonchev–Trinajstić information content (AvgIpc) is 2.17.